The molecular weight excluding hydrogens is 214 g/mol. The van der Waals surface area contributed by atoms with Crippen molar-refractivity contribution in [3.8, 4) is 6.07 Å². The lowest BCUT2D eigenvalue weighted by atomic mass is 10.2. The second-order valence-corrected chi connectivity index (χ2v) is 4.08. The molecular formula is C10H12F2N4. The van der Waals surface area contributed by atoms with Gasteiger partial charge in [0.2, 0.25) is 0 Å². The summed E-state index contributed by atoms with van der Waals surface area (Å²) in [5.41, 5.74) is -0.0917. The first kappa shape index (κ1) is 11.0. The first-order valence-electron chi connectivity index (χ1n) is 5.24. The van der Waals surface area contributed by atoms with Gasteiger partial charge in [0.05, 0.1) is 18.5 Å². The SMILES string of the molecule is CC(C1CC1)n1nnc(CC#N)c1C(F)F. The number of hydrogen-bond donors (Lipinski definition) is 0. The highest BCUT2D eigenvalue weighted by atomic mass is 19.3. The molecule has 6 heteroatoms. The molecule has 0 radical (unpaired) electrons. The molecule has 1 atom stereocenters. The quantitative estimate of drug-likeness (QED) is 0.791. The van der Waals surface area contributed by atoms with Crippen LogP contribution < -0.4 is 0 Å². The Morgan fingerprint density at radius 2 is 2.25 bits per heavy atom. The van der Waals surface area contributed by atoms with Gasteiger partial charge in [-0.05, 0) is 25.7 Å². The van der Waals surface area contributed by atoms with E-state index in [0.29, 0.717) is 5.92 Å². The molecule has 16 heavy (non-hydrogen) atoms. The van der Waals surface area contributed by atoms with Crippen LogP contribution in [0.5, 0.6) is 0 Å². The van der Waals surface area contributed by atoms with E-state index >= 15 is 0 Å². The minimum absolute atomic E-state index is 0.0519. The third kappa shape index (κ3) is 1.90. The summed E-state index contributed by atoms with van der Waals surface area (Å²) in [6, 6.07) is 1.78. The topological polar surface area (TPSA) is 54.5 Å². The Labute approximate surface area is 91.9 Å². The number of nitriles is 1. The van der Waals surface area contributed by atoms with Crippen LogP contribution in [0, 0.1) is 17.2 Å². The van der Waals surface area contributed by atoms with Gasteiger partial charge in [-0.15, -0.1) is 5.10 Å². The summed E-state index contributed by atoms with van der Waals surface area (Å²) in [7, 11) is 0. The Morgan fingerprint density at radius 3 is 2.75 bits per heavy atom. The van der Waals surface area contributed by atoms with Gasteiger partial charge in [-0.3, -0.25) is 0 Å². The Morgan fingerprint density at radius 1 is 1.56 bits per heavy atom. The minimum atomic E-state index is -2.63. The van der Waals surface area contributed by atoms with Crippen LogP contribution in [0.1, 0.15) is 43.6 Å². The summed E-state index contributed by atoms with van der Waals surface area (Å²) in [6.45, 7) is 1.87. The monoisotopic (exact) mass is 226 g/mol. The van der Waals surface area contributed by atoms with Gasteiger partial charge < -0.3 is 0 Å². The number of hydrogen-bond acceptors (Lipinski definition) is 3. The van der Waals surface area contributed by atoms with E-state index in [1.807, 2.05) is 13.0 Å². The molecule has 1 saturated carbocycles. The Bertz CT molecular complexity index is 417. The standard InChI is InChI=1S/C10H12F2N4/c1-6(7-2-3-7)16-9(10(11)12)8(4-5-13)14-15-16/h6-7,10H,2-4H2,1H3. The maximum Gasteiger partial charge on any atom is 0.281 e. The lowest BCUT2D eigenvalue weighted by molar-refractivity contribution is 0.134. The maximum atomic E-state index is 12.9. The lowest BCUT2D eigenvalue weighted by Crippen LogP contribution is -2.13. The molecule has 0 spiro atoms. The lowest BCUT2D eigenvalue weighted by Gasteiger charge is -2.13. The molecule has 4 nitrogen and oxygen atoms in total. The van der Waals surface area contributed by atoms with Crippen LogP contribution >= 0.6 is 0 Å². The van der Waals surface area contributed by atoms with Gasteiger partial charge in [-0.25, -0.2) is 13.5 Å². The molecule has 86 valence electrons. The predicted octanol–water partition coefficient (Wildman–Crippen LogP) is 2.25. The van der Waals surface area contributed by atoms with Crippen molar-refractivity contribution in [1.29, 1.82) is 5.26 Å². The average molecular weight is 226 g/mol. The van der Waals surface area contributed by atoms with E-state index in [2.05, 4.69) is 10.3 Å². The zero-order valence-electron chi connectivity index (χ0n) is 8.90. The van der Waals surface area contributed by atoms with E-state index in [1.165, 1.54) is 4.68 Å². The largest absolute Gasteiger partial charge is 0.281 e. The van der Waals surface area contributed by atoms with Crippen LogP contribution in [0.2, 0.25) is 0 Å². The van der Waals surface area contributed by atoms with Crippen LogP contribution in [0.15, 0.2) is 0 Å². The van der Waals surface area contributed by atoms with E-state index in [4.69, 9.17) is 5.26 Å². The van der Waals surface area contributed by atoms with E-state index in [-0.39, 0.29) is 23.9 Å². The second-order valence-electron chi connectivity index (χ2n) is 4.08. The molecule has 0 saturated heterocycles. The highest BCUT2D eigenvalue weighted by molar-refractivity contribution is 5.16. The summed E-state index contributed by atoms with van der Waals surface area (Å²) < 4.78 is 27.0. The molecule has 1 aromatic heterocycles. The maximum absolute atomic E-state index is 12.9. The summed E-state index contributed by atoms with van der Waals surface area (Å²) in [5.74, 6) is 0.425. The normalized spacial score (nSPS) is 17.4. The number of nitrogens with zero attached hydrogens (tertiary/aromatic N) is 4. The summed E-state index contributed by atoms with van der Waals surface area (Å²) in [4.78, 5) is 0. The first-order chi connectivity index (χ1) is 7.65. The second kappa shape index (κ2) is 4.16. The molecule has 0 bridgehead atoms. The van der Waals surface area contributed by atoms with Crippen LogP contribution in [-0.4, -0.2) is 15.0 Å². The molecule has 0 N–H and O–H groups in total. The van der Waals surface area contributed by atoms with Crippen LogP contribution in [-0.2, 0) is 6.42 Å². The third-order valence-electron chi connectivity index (χ3n) is 2.95. The minimum Gasteiger partial charge on any atom is -0.240 e. The fourth-order valence-electron chi connectivity index (χ4n) is 1.84. The third-order valence-corrected chi connectivity index (χ3v) is 2.95. The zero-order chi connectivity index (χ0) is 11.7. The van der Waals surface area contributed by atoms with Crippen LogP contribution in [0.3, 0.4) is 0 Å². The van der Waals surface area contributed by atoms with Gasteiger partial charge in [-0.1, -0.05) is 5.21 Å². The molecule has 1 aliphatic rings. The van der Waals surface area contributed by atoms with E-state index in [9.17, 15) is 8.78 Å². The van der Waals surface area contributed by atoms with E-state index in [0.717, 1.165) is 12.8 Å². The molecule has 1 aromatic rings. The number of rotatable bonds is 4. The van der Waals surface area contributed by atoms with Crippen molar-refractivity contribution < 1.29 is 8.78 Å². The molecule has 0 aromatic carbocycles. The average Bonchev–Trinajstić information content (AvgIpc) is 2.99. The zero-order valence-corrected chi connectivity index (χ0v) is 8.90. The molecule has 2 rings (SSSR count). The molecule has 0 aliphatic heterocycles. The van der Waals surface area contributed by atoms with Gasteiger partial charge in [0.1, 0.15) is 11.4 Å². The van der Waals surface area contributed by atoms with Crippen molar-refractivity contribution in [2.24, 2.45) is 5.92 Å². The highest BCUT2D eigenvalue weighted by Crippen LogP contribution is 2.40. The highest BCUT2D eigenvalue weighted by Gasteiger charge is 2.33. The van der Waals surface area contributed by atoms with Crippen molar-refractivity contribution in [1.82, 2.24) is 15.0 Å². The summed E-state index contributed by atoms with van der Waals surface area (Å²) >= 11 is 0. The predicted molar refractivity (Wildman–Crippen MR) is 51.7 cm³/mol. The number of halogens is 2. The summed E-state index contributed by atoms with van der Waals surface area (Å²) in [5, 5.41) is 15.9. The Kier molecular flexibility index (Phi) is 2.86. The number of alkyl halides is 2. The Hall–Kier alpha value is -1.51. The molecule has 1 heterocycles. The van der Waals surface area contributed by atoms with Crippen molar-refractivity contribution >= 4 is 0 Å². The van der Waals surface area contributed by atoms with Crippen molar-refractivity contribution in [2.75, 3.05) is 0 Å². The van der Waals surface area contributed by atoms with Crippen molar-refractivity contribution in [2.45, 2.75) is 38.7 Å². The van der Waals surface area contributed by atoms with Gasteiger partial charge >= 0.3 is 0 Å². The molecule has 1 aliphatic carbocycles. The van der Waals surface area contributed by atoms with E-state index < -0.39 is 6.43 Å². The van der Waals surface area contributed by atoms with Gasteiger partial charge in [0.15, 0.2) is 0 Å². The molecule has 1 fully saturated rings. The van der Waals surface area contributed by atoms with Crippen LogP contribution in [0.25, 0.3) is 0 Å². The van der Waals surface area contributed by atoms with Crippen LogP contribution in [0.4, 0.5) is 8.78 Å². The van der Waals surface area contributed by atoms with Gasteiger partial charge in [0.25, 0.3) is 6.43 Å². The number of aromatic nitrogens is 3. The summed E-state index contributed by atoms with van der Waals surface area (Å²) in [6.07, 6.45) is -0.634. The van der Waals surface area contributed by atoms with E-state index in [1.54, 1.807) is 0 Å². The molecule has 1 unspecified atom stereocenters. The van der Waals surface area contributed by atoms with Crippen molar-refractivity contribution in [3.05, 3.63) is 11.4 Å². The fourth-order valence-corrected chi connectivity index (χ4v) is 1.84. The van der Waals surface area contributed by atoms with Gasteiger partial charge in [-0.2, -0.15) is 5.26 Å². The molecule has 0 amide bonds. The first-order valence-corrected chi connectivity index (χ1v) is 5.24. The smallest absolute Gasteiger partial charge is 0.240 e. The van der Waals surface area contributed by atoms with Gasteiger partial charge in [0, 0.05) is 0 Å². The fraction of sp³-hybridized carbons (Fsp3) is 0.700. The van der Waals surface area contributed by atoms with Crippen molar-refractivity contribution in [3.63, 3.8) is 0 Å². The Balaban J connectivity index is 2.33.